The van der Waals surface area contributed by atoms with Gasteiger partial charge in [-0.3, -0.25) is 14.6 Å². The van der Waals surface area contributed by atoms with Crippen LogP contribution in [0.4, 0.5) is 11.4 Å². The van der Waals surface area contributed by atoms with Gasteiger partial charge in [-0.2, -0.15) is 0 Å². The average molecular weight is 418 g/mol. The van der Waals surface area contributed by atoms with Gasteiger partial charge in [0.15, 0.2) is 5.78 Å². The van der Waals surface area contributed by atoms with Crippen molar-refractivity contribution in [3.8, 4) is 11.3 Å². The van der Waals surface area contributed by atoms with E-state index in [-0.39, 0.29) is 17.6 Å². The number of pyridine rings is 1. The van der Waals surface area contributed by atoms with Crippen LogP contribution in [0, 0.1) is 5.92 Å². The fourth-order valence-electron chi connectivity index (χ4n) is 3.95. The second kappa shape index (κ2) is 9.57. The SMILES string of the molecule is COCCC(=O)NCC1CC(=O)c2c([nH]c(-c3ccncc3)c2Nc2ccccc2)C1. The van der Waals surface area contributed by atoms with Gasteiger partial charge in [0.1, 0.15) is 0 Å². The summed E-state index contributed by atoms with van der Waals surface area (Å²) in [5.41, 5.74) is 5.14. The average Bonchev–Trinajstić information content (AvgIpc) is 3.16. The van der Waals surface area contributed by atoms with Gasteiger partial charge in [-0.1, -0.05) is 18.2 Å². The lowest BCUT2D eigenvalue weighted by molar-refractivity contribution is -0.122. The summed E-state index contributed by atoms with van der Waals surface area (Å²) < 4.78 is 4.94. The van der Waals surface area contributed by atoms with Gasteiger partial charge in [0, 0.05) is 55.8 Å². The van der Waals surface area contributed by atoms with Crippen molar-refractivity contribution >= 4 is 23.1 Å². The quantitative estimate of drug-likeness (QED) is 0.518. The number of anilines is 2. The van der Waals surface area contributed by atoms with Crippen LogP contribution in [-0.4, -0.2) is 41.9 Å². The second-order valence-corrected chi connectivity index (χ2v) is 7.70. The lowest BCUT2D eigenvalue weighted by Crippen LogP contribution is -2.33. The van der Waals surface area contributed by atoms with Crippen molar-refractivity contribution in [2.24, 2.45) is 5.92 Å². The second-order valence-electron chi connectivity index (χ2n) is 7.70. The van der Waals surface area contributed by atoms with E-state index in [1.54, 1.807) is 19.5 Å². The number of carbonyl (C=O) groups is 2. The number of methoxy groups -OCH3 is 1. The van der Waals surface area contributed by atoms with Crippen molar-refractivity contribution in [2.45, 2.75) is 19.3 Å². The highest BCUT2D eigenvalue weighted by Gasteiger charge is 2.31. The van der Waals surface area contributed by atoms with Crippen molar-refractivity contribution in [3.05, 3.63) is 66.1 Å². The molecule has 1 aliphatic rings. The number of amides is 1. The molecule has 0 fully saturated rings. The van der Waals surface area contributed by atoms with Crippen LogP contribution < -0.4 is 10.6 Å². The summed E-state index contributed by atoms with van der Waals surface area (Å²) in [5.74, 6) is 0.0721. The topological polar surface area (TPSA) is 96.1 Å². The molecule has 2 heterocycles. The van der Waals surface area contributed by atoms with Gasteiger partial charge in [-0.15, -0.1) is 0 Å². The number of Topliss-reactive ketones (excluding diaryl/α,β-unsaturated/α-hetero) is 1. The zero-order valence-corrected chi connectivity index (χ0v) is 17.5. The third kappa shape index (κ3) is 4.83. The van der Waals surface area contributed by atoms with Crippen LogP contribution in [0.5, 0.6) is 0 Å². The molecule has 3 aromatic rings. The summed E-state index contributed by atoms with van der Waals surface area (Å²) in [4.78, 5) is 32.7. The standard InChI is InChI=1S/C24H26N4O3/c1-31-12-9-21(30)26-15-16-13-19-22(20(29)14-16)24(27-18-5-3-2-4-6-18)23(28-19)17-7-10-25-11-8-17/h2-8,10-11,16,27-28H,9,12-15H2,1H3,(H,26,30). The maximum absolute atomic E-state index is 13.2. The summed E-state index contributed by atoms with van der Waals surface area (Å²) >= 11 is 0. The Morgan fingerprint density at radius 2 is 1.94 bits per heavy atom. The first-order valence-corrected chi connectivity index (χ1v) is 10.4. The summed E-state index contributed by atoms with van der Waals surface area (Å²) in [6.45, 7) is 0.860. The molecule has 1 aliphatic carbocycles. The molecule has 1 aromatic carbocycles. The minimum Gasteiger partial charge on any atom is -0.384 e. The Balaban J connectivity index is 1.61. The molecule has 0 saturated heterocycles. The minimum absolute atomic E-state index is 0.0556. The number of para-hydroxylation sites is 1. The maximum Gasteiger partial charge on any atom is 0.222 e. The molecule has 0 aliphatic heterocycles. The number of ketones is 1. The molecule has 0 radical (unpaired) electrons. The number of nitrogens with zero attached hydrogens (tertiary/aromatic N) is 1. The van der Waals surface area contributed by atoms with Gasteiger partial charge in [0.2, 0.25) is 5.91 Å². The summed E-state index contributed by atoms with van der Waals surface area (Å²) in [6, 6.07) is 13.7. The van der Waals surface area contributed by atoms with E-state index in [2.05, 4.69) is 20.6 Å². The van der Waals surface area contributed by atoms with Gasteiger partial charge in [-0.05, 0) is 36.6 Å². The van der Waals surface area contributed by atoms with E-state index in [1.165, 1.54) is 0 Å². The third-order valence-electron chi connectivity index (χ3n) is 5.46. The number of aromatic amines is 1. The molecule has 7 heteroatoms. The molecular weight excluding hydrogens is 392 g/mol. The van der Waals surface area contributed by atoms with E-state index < -0.39 is 0 Å². The first kappa shape index (κ1) is 20.8. The van der Waals surface area contributed by atoms with Crippen LogP contribution in [0.3, 0.4) is 0 Å². The summed E-state index contributed by atoms with van der Waals surface area (Å²) in [6.07, 6.45) is 4.89. The Kier molecular flexibility index (Phi) is 6.43. The molecule has 3 N–H and O–H groups in total. The number of carbonyl (C=O) groups excluding carboxylic acids is 2. The van der Waals surface area contributed by atoms with Gasteiger partial charge < -0.3 is 20.4 Å². The van der Waals surface area contributed by atoms with Crippen LogP contribution in [0.2, 0.25) is 0 Å². The number of benzene rings is 1. The first-order chi connectivity index (χ1) is 15.2. The Bertz CT molecular complexity index is 1050. The van der Waals surface area contributed by atoms with Crippen LogP contribution >= 0.6 is 0 Å². The van der Waals surface area contributed by atoms with Gasteiger partial charge in [0.25, 0.3) is 0 Å². The van der Waals surface area contributed by atoms with Gasteiger partial charge in [0.05, 0.1) is 23.6 Å². The van der Waals surface area contributed by atoms with E-state index in [1.807, 2.05) is 42.5 Å². The van der Waals surface area contributed by atoms with Crippen molar-refractivity contribution < 1.29 is 14.3 Å². The van der Waals surface area contributed by atoms with E-state index in [0.717, 1.165) is 28.3 Å². The van der Waals surface area contributed by atoms with E-state index in [4.69, 9.17) is 4.74 Å². The first-order valence-electron chi connectivity index (χ1n) is 10.4. The molecule has 2 aromatic heterocycles. The maximum atomic E-state index is 13.2. The zero-order chi connectivity index (χ0) is 21.6. The summed E-state index contributed by atoms with van der Waals surface area (Å²) in [7, 11) is 1.57. The normalized spacial score (nSPS) is 15.4. The van der Waals surface area contributed by atoms with Gasteiger partial charge in [-0.25, -0.2) is 0 Å². The van der Waals surface area contributed by atoms with Gasteiger partial charge >= 0.3 is 0 Å². The van der Waals surface area contributed by atoms with Crippen LogP contribution in [-0.2, 0) is 16.0 Å². The largest absolute Gasteiger partial charge is 0.384 e. The molecular formula is C24H26N4O3. The molecule has 1 amide bonds. The molecule has 31 heavy (non-hydrogen) atoms. The van der Waals surface area contributed by atoms with Crippen LogP contribution in [0.25, 0.3) is 11.3 Å². The fraction of sp³-hybridized carbons (Fsp3) is 0.292. The van der Waals surface area contributed by atoms with Crippen molar-refractivity contribution in [3.63, 3.8) is 0 Å². The highest BCUT2D eigenvalue weighted by molar-refractivity contribution is 6.07. The molecule has 0 saturated carbocycles. The predicted molar refractivity (Wildman–Crippen MR) is 119 cm³/mol. The highest BCUT2D eigenvalue weighted by atomic mass is 16.5. The smallest absolute Gasteiger partial charge is 0.222 e. The lowest BCUT2D eigenvalue weighted by atomic mass is 9.86. The van der Waals surface area contributed by atoms with Crippen LogP contribution in [0.15, 0.2) is 54.9 Å². The molecule has 7 nitrogen and oxygen atoms in total. The monoisotopic (exact) mass is 418 g/mol. The highest BCUT2D eigenvalue weighted by Crippen LogP contribution is 2.39. The van der Waals surface area contributed by atoms with E-state index >= 15 is 0 Å². The van der Waals surface area contributed by atoms with Crippen molar-refractivity contribution in [2.75, 3.05) is 25.6 Å². The number of ether oxygens (including phenoxy) is 1. The minimum atomic E-state index is -0.0597. The predicted octanol–water partition coefficient (Wildman–Crippen LogP) is 3.72. The number of H-pyrrole nitrogens is 1. The summed E-state index contributed by atoms with van der Waals surface area (Å²) in [5, 5.41) is 6.36. The Morgan fingerprint density at radius 1 is 1.16 bits per heavy atom. The Morgan fingerprint density at radius 3 is 2.68 bits per heavy atom. The Labute approximate surface area is 181 Å². The number of aromatic nitrogens is 2. The lowest BCUT2D eigenvalue weighted by Gasteiger charge is -2.22. The zero-order valence-electron chi connectivity index (χ0n) is 17.5. The molecule has 1 atom stereocenters. The molecule has 4 rings (SSSR count). The third-order valence-corrected chi connectivity index (χ3v) is 5.46. The molecule has 160 valence electrons. The number of hydrogen-bond donors (Lipinski definition) is 3. The van der Waals surface area contributed by atoms with Crippen molar-refractivity contribution in [1.29, 1.82) is 0 Å². The van der Waals surface area contributed by atoms with Crippen LogP contribution in [0.1, 0.15) is 28.9 Å². The fourth-order valence-corrected chi connectivity index (χ4v) is 3.95. The Hall–Kier alpha value is -3.45. The number of fused-ring (bicyclic) bond motifs is 1. The van der Waals surface area contributed by atoms with Crippen molar-refractivity contribution in [1.82, 2.24) is 15.3 Å². The molecule has 0 bridgehead atoms. The van der Waals surface area contributed by atoms with E-state index in [9.17, 15) is 9.59 Å². The molecule has 0 spiro atoms. The number of nitrogens with one attached hydrogen (secondary N) is 3. The number of hydrogen-bond acceptors (Lipinski definition) is 5. The molecule has 1 unspecified atom stereocenters. The number of rotatable bonds is 8. The van der Waals surface area contributed by atoms with E-state index in [0.29, 0.717) is 38.0 Å².